The predicted molar refractivity (Wildman–Crippen MR) is 126 cm³/mol. The zero-order valence-electron chi connectivity index (χ0n) is 16.9. The van der Waals surface area contributed by atoms with E-state index in [1.165, 1.54) is 24.0 Å². The summed E-state index contributed by atoms with van der Waals surface area (Å²) < 4.78 is 0. The number of aromatic nitrogens is 3. The van der Waals surface area contributed by atoms with Crippen LogP contribution >= 0.6 is 11.8 Å². The zero-order chi connectivity index (χ0) is 22.3. The van der Waals surface area contributed by atoms with E-state index in [2.05, 4.69) is 30.9 Å². The average Bonchev–Trinajstić information content (AvgIpc) is 3.33. The fourth-order valence-electron chi connectivity index (χ4n) is 2.86. The summed E-state index contributed by atoms with van der Waals surface area (Å²) in [6.45, 7) is 1.04. The van der Waals surface area contributed by atoms with Gasteiger partial charge < -0.3 is 21.7 Å². The molecule has 0 atom stereocenters. The number of hydrogen-bond donors (Lipinski definition) is 4. The van der Waals surface area contributed by atoms with E-state index < -0.39 is 4.92 Å². The molecule has 0 fully saturated rings. The average molecular weight is 449 g/mol. The Morgan fingerprint density at radius 2 is 1.91 bits per heavy atom. The SMILES string of the molecule is N/C(=C1\NC(c2ccccc2)=CS1)c1ccnc(NCCNc2ccc([N+](=O)[O-])cn2)n1. The van der Waals surface area contributed by atoms with Gasteiger partial charge in [0.2, 0.25) is 5.95 Å². The number of nitrogens with one attached hydrogen (secondary N) is 3. The van der Waals surface area contributed by atoms with Gasteiger partial charge in [-0.25, -0.2) is 15.0 Å². The first-order chi connectivity index (χ1) is 15.6. The third-order valence-corrected chi connectivity index (χ3v) is 5.39. The van der Waals surface area contributed by atoms with E-state index in [1.807, 2.05) is 35.7 Å². The maximum absolute atomic E-state index is 10.7. The Kier molecular flexibility index (Phi) is 6.46. The molecule has 1 aliphatic heterocycles. The van der Waals surface area contributed by atoms with E-state index in [4.69, 9.17) is 5.73 Å². The molecule has 3 aromatic rings. The minimum absolute atomic E-state index is 0.0494. The van der Waals surface area contributed by atoms with Gasteiger partial charge in [0.1, 0.15) is 17.0 Å². The molecule has 4 rings (SSSR count). The summed E-state index contributed by atoms with van der Waals surface area (Å²) in [7, 11) is 0. The highest BCUT2D eigenvalue weighted by atomic mass is 32.2. The minimum Gasteiger partial charge on any atom is -0.395 e. The van der Waals surface area contributed by atoms with Gasteiger partial charge in [0.05, 0.1) is 22.0 Å². The van der Waals surface area contributed by atoms with Crippen molar-refractivity contribution in [2.45, 2.75) is 0 Å². The Labute approximate surface area is 188 Å². The molecule has 11 heteroatoms. The number of nitro groups is 1. The van der Waals surface area contributed by atoms with Gasteiger partial charge in [0.25, 0.3) is 5.69 Å². The summed E-state index contributed by atoms with van der Waals surface area (Å²) in [5.41, 5.74) is 9.53. The lowest BCUT2D eigenvalue weighted by Crippen LogP contribution is -2.17. The molecule has 2 aromatic heterocycles. The molecular weight excluding hydrogens is 428 g/mol. The number of benzene rings is 1. The van der Waals surface area contributed by atoms with Crippen molar-refractivity contribution in [1.82, 2.24) is 20.3 Å². The second kappa shape index (κ2) is 9.79. The van der Waals surface area contributed by atoms with Crippen molar-refractivity contribution in [2.75, 3.05) is 23.7 Å². The van der Waals surface area contributed by atoms with Crippen molar-refractivity contribution in [3.05, 3.63) is 92.7 Å². The van der Waals surface area contributed by atoms with Crippen molar-refractivity contribution in [2.24, 2.45) is 5.73 Å². The van der Waals surface area contributed by atoms with Crippen LogP contribution in [0.1, 0.15) is 11.3 Å². The van der Waals surface area contributed by atoms with Crippen LogP contribution in [0.25, 0.3) is 11.4 Å². The lowest BCUT2D eigenvalue weighted by atomic mass is 10.2. The molecule has 0 bridgehead atoms. The van der Waals surface area contributed by atoms with Crippen molar-refractivity contribution < 1.29 is 4.92 Å². The molecule has 162 valence electrons. The van der Waals surface area contributed by atoms with Crippen LogP contribution in [0, 0.1) is 10.1 Å². The first-order valence-corrected chi connectivity index (χ1v) is 10.6. The molecule has 0 spiro atoms. The largest absolute Gasteiger partial charge is 0.395 e. The summed E-state index contributed by atoms with van der Waals surface area (Å²) >= 11 is 1.52. The molecule has 0 aliphatic carbocycles. The zero-order valence-corrected chi connectivity index (χ0v) is 17.7. The molecular formula is C21H20N8O2S. The van der Waals surface area contributed by atoms with Crippen LogP contribution in [-0.2, 0) is 0 Å². The quantitative estimate of drug-likeness (QED) is 0.230. The number of hydrogen-bond acceptors (Lipinski definition) is 10. The fourth-order valence-corrected chi connectivity index (χ4v) is 3.69. The molecule has 1 aliphatic rings. The Bertz CT molecular complexity index is 1170. The summed E-state index contributed by atoms with van der Waals surface area (Å²) in [5, 5.41) is 23.1. The molecule has 0 amide bonds. The number of nitrogens with zero attached hydrogens (tertiary/aromatic N) is 4. The van der Waals surface area contributed by atoms with Crippen LogP contribution in [0.15, 0.2) is 71.4 Å². The topological polar surface area (TPSA) is 144 Å². The Morgan fingerprint density at radius 3 is 2.66 bits per heavy atom. The number of anilines is 2. The lowest BCUT2D eigenvalue weighted by Gasteiger charge is -2.10. The fraction of sp³-hybridized carbons (Fsp3) is 0.0952. The van der Waals surface area contributed by atoms with E-state index in [0.717, 1.165) is 16.3 Å². The van der Waals surface area contributed by atoms with Crippen LogP contribution in [-0.4, -0.2) is 33.0 Å². The Morgan fingerprint density at radius 1 is 1.09 bits per heavy atom. The van der Waals surface area contributed by atoms with Gasteiger partial charge in [0.15, 0.2) is 0 Å². The molecule has 5 N–H and O–H groups in total. The van der Waals surface area contributed by atoms with Crippen molar-refractivity contribution in [3.8, 4) is 0 Å². The third-order valence-electron chi connectivity index (χ3n) is 4.48. The van der Waals surface area contributed by atoms with Crippen LogP contribution in [0.2, 0.25) is 0 Å². The van der Waals surface area contributed by atoms with Gasteiger partial charge in [-0.05, 0) is 17.7 Å². The summed E-state index contributed by atoms with van der Waals surface area (Å²) in [5.74, 6) is 0.996. The predicted octanol–water partition coefficient (Wildman–Crippen LogP) is 3.22. The number of nitrogens with two attached hydrogens (primary N) is 1. The van der Waals surface area contributed by atoms with Crippen LogP contribution in [0.3, 0.4) is 0 Å². The highest BCUT2D eigenvalue weighted by Gasteiger charge is 2.16. The Hall–Kier alpha value is -4.12. The van der Waals surface area contributed by atoms with Crippen LogP contribution in [0.4, 0.5) is 17.5 Å². The number of thioether (sulfide) groups is 1. The summed E-state index contributed by atoms with van der Waals surface area (Å²) in [6.07, 6.45) is 2.86. The molecule has 3 heterocycles. The smallest absolute Gasteiger partial charge is 0.287 e. The number of pyridine rings is 1. The van der Waals surface area contributed by atoms with E-state index in [0.29, 0.717) is 36.2 Å². The van der Waals surface area contributed by atoms with Gasteiger partial charge in [-0.15, -0.1) is 0 Å². The van der Waals surface area contributed by atoms with Gasteiger partial charge >= 0.3 is 0 Å². The van der Waals surface area contributed by atoms with Crippen molar-refractivity contribution in [1.29, 1.82) is 0 Å². The van der Waals surface area contributed by atoms with E-state index in [1.54, 1.807) is 18.3 Å². The highest BCUT2D eigenvalue weighted by molar-refractivity contribution is 8.06. The second-order valence-corrected chi connectivity index (χ2v) is 7.54. The molecule has 0 radical (unpaired) electrons. The maximum Gasteiger partial charge on any atom is 0.287 e. The van der Waals surface area contributed by atoms with E-state index >= 15 is 0 Å². The van der Waals surface area contributed by atoms with Gasteiger partial charge in [-0.3, -0.25) is 10.1 Å². The molecule has 0 saturated heterocycles. The maximum atomic E-state index is 10.7. The molecule has 1 aromatic carbocycles. The molecule has 0 unspecified atom stereocenters. The van der Waals surface area contributed by atoms with Gasteiger partial charge in [-0.2, -0.15) is 0 Å². The first kappa shape index (κ1) is 21.1. The second-order valence-electron chi connectivity index (χ2n) is 6.66. The minimum atomic E-state index is -0.484. The van der Waals surface area contributed by atoms with E-state index in [-0.39, 0.29) is 5.69 Å². The summed E-state index contributed by atoms with van der Waals surface area (Å²) in [4.78, 5) is 22.9. The van der Waals surface area contributed by atoms with E-state index in [9.17, 15) is 10.1 Å². The highest BCUT2D eigenvalue weighted by Crippen LogP contribution is 2.32. The third kappa shape index (κ3) is 5.13. The Balaban J connectivity index is 1.32. The lowest BCUT2D eigenvalue weighted by molar-refractivity contribution is -0.385. The molecule has 0 saturated carbocycles. The molecule has 10 nitrogen and oxygen atoms in total. The van der Waals surface area contributed by atoms with Crippen molar-refractivity contribution >= 4 is 40.6 Å². The molecule has 32 heavy (non-hydrogen) atoms. The van der Waals surface area contributed by atoms with Crippen LogP contribution in [0.5, 0.6) is 0 Å². The van der Waals surface area contributed by atoms with Crippen LogP contribution < -0.4 is 21.7 Å². The first-order valence-electron chi connectivity index (χ1n) is 9.71. The van der Waals surface area contributed by atoms with Crippen molar-refractivity contribution in [3.63, 3.8) is 0 Å². The summed E-state index contributed by atoms with van der Waals surface area (Å²) in [6, 6.07) is 14.7. The normalized spacial score (nSPS) is 14.3. The number of rotatable bonds is 8. The van der Waals surface area contributed by atoms with Gasteiger partial charge in [-0.1, -0.05) is 42.1 Å². The van der Waals surface area contributed by atoms with Gasteiger partial charge in [0, 0.05) is 30.8 Å². The monoisotopic (exact) mass is 448 g/mol. The standard InChI is InChI=1S/C21H20N8O2S/c22-19(20-27-17(13-32-20)14-4-2-1-3-5-14)16-8-9-24-21(28-16)25-11-10-23-18-7-6-15(12-26-18)29(30)31/h1-9,12-13,27H,10-11,22H2,(H,23,26)(H,24,25,28)/b20-19+.